The Morgan fingerprint density at radius 3 is 2.73 bits per heavy atom. The molecule has 0 saturated carbocycles. The normalized spacial score (nSPS) is 15.2. The smallest absolute Gasteiger partial charge is 0.320 e. The summed E-state index contributed by atoms with van der Waals surface area (Å²) in [4.78, 5) is 26.2. The number of aromatic nitrogens is 3. The van der Waals surface area contributed by atoms with Gasteiger partial charge in [0.1, 0.15) is 11.3 Å². The topological polar surface area (TPSA) is 100 Å². The van der Waals surface area contributed by atoms with Gasteiger partial charge in [-0.2, -0.15) is 0 Å². The second-order valence-electron chi connectivity index (χ2n) is 9.77. The van der Waals surface area contributed by atoms with Crippen LogP contribution in [0.2, 0.25) is 0 Å². The molecule has 7 nitrogen and oxygen atoms in total. The van der Waals surface area contributed by atoms with Crippen molar-refractivity contribution in [3.8, 4) is 0 Å². The van der Waals surface area contributed by atoms with Gasteiger partial charge in [0.15, 0.2) is 5.65 Å². The fourth-order valence-electron chi connectivity index (χ4n) is 4.71. The first-order chi connectivity index (χ1) is 18.1. The van der Waals surface area contributed by atoms with E-state index in [2.05, 4.69) is 51.8 Å². The number of hydrogen-bond acceptors (Lipinski definition) is 5. The first-order valence-corrected chi connectivity index (χ1v) is 13.3. The zero-order chi connectivity index (χ0) is 25.9. The van der Waals surface area contributed by atoms with Crippen molar-refractivity contribution in [2.45, 2.75) is 58.3 Å². The van der Waals surface area contributed by atoms with E-state index >= 15 is 0 Å². The van der Waals surface area contributed by atoms with Crippen LogP contribution in [0, 0.1) is 5.92 Å². The van der Waals surface area contributed by atoms with Crippen molar-refractivity contribution in [2.75, 3.05) is 18.5 Å². The maximum absolute atomic E-state index is 12.4. The molecule has 2 amide bonds. The number of rotatable bonds is 12. The van der Waals surface area contributed by atoms with E-state index in [-0.39, 0.29) is 12.6 Å². The van der Waals surface area contributed by atoms with Crippen LogP contribution < -0.4 is 10.6 Å². The maximum atomic E-state index is 12.4. The van der Waals surface area contributed by atoms with Crippen molar-refractivity contribution in [2.24, 2.45) is 5.92 Å². The number of benzene rings is 1. The molecule has 4 rings (SSSR count). The second-order valence-corrected chi connectivity index (χ2v) is 9.77. The molecular formula is C30H37N5O2. The van der Waals surface area contributed by atoms with Crippen LogP contribution in [0.5, 0.6) is 0 Å². The Kier molecular flexibility index (Phi) is 9.77. The van der Waals surface area contributed by atoms with Crippen LogP contribution in [-0.4, -0.2) is 39.2 Å². The van der Waals surface area contributed by atoms with Crippen molar-refractivity contribution >= 4 is 28.6 Å². The third-order valence-electron chi connectivity index (χ3n) is 6.60. The van der Waals surface area contributed by atoms with E-state index in [0.29, 0.717) is 29.4 Å². The number of aliphatic hydroxyl groups excluding tert-OH is 1. The number of hydrogen-bond donors (Lipinski definition) is 3. The number of carbonyl (C=O) groups is 1. The van der Waals surface area contributed by atoms with Gasteiger partial charge >= 0.3 is 6.03 Å². The molecule has 2 heterocycles. The van der Waals surface area contributed by atoms with Gasteiger partial charge in [0.25, 0.3) is 0 Å². The summed E-state index contributed by atoms with van der Waals surface area (Å²) in [5.41, 5.74) is 5.70. The monoisotopic (exact) mass is 499 g/mol. The Morgan fingerprint density at radius 2 is 1.89 bits per heavy atom. The molecule has 1 unspecified atom stereocenters. The minimum Gasteiger partial charge on any atom is -0.396 e. The molecule has 0 fully saturated rings. The Hall–Kier alpha value is -3.58. The van der Waals surface area contributed by atoms with Crippen LogP contribution in [0.1, 0.15) is 63.1 Å². The fraction of sp³-hybridized carbons (Fsp3) is 0.400. The number of fused-ring (bicyclic) bond motifs is 1. The number of nitrogens with zero attached hydrogens (tertiary/aromatic N) is 3. The number of aryl methyl sites for hydroxylation is 1. The molecule has 0 saturated heterocycles. The van der Waals surface area contributed by atoms with E-state index in [1.807, 2.05) is 24.3 Å². The molecule has 0 bridgehead atoms. The summed E-state index contributed by atoms with van der Waals surface area (Å²) in [7, 11) is 0. The minimum absolute atomic E-state index is 0.262. The Bertz CT molecular complexity index is 1240. The SMILES string of the molecule is CC1=CC(c2cnc3ccc(NC(=O)NCCCCc4ccccc4)nc3n2)=CC(CCCCCO)C1. The summed E-state index contributed by atoms with van der Waals surface area (Å²) < 4.78 is 0. The van der Waals surface area contributed by atoms with E-state index in [1.165, 1.54) is 11.1 Å². The van der Waals surface area contributed by atoms with E-state index in [4.69, 9.17) is 10.1 Å². The molecule has 1 aliphatic rings. The van der Waals surface area contributed by atoms with Gasteiger partial charge in [-0.05, 0) is 74.6 Å². The highest BCUT2D eigenvalue weighted by molar-refractivity contribution is 5.89. The number of allylic oxidation sites excluding steroid dienone is 4. The molecule has 37 heavy (non-hydrogen) atoms. The molecule has 3 aromatic rings. The van der Waals surface area contributed by atoms with Crippen molar-refractivity contribution in [1.82, 2.24) is 20.3 Å². The Labute approximate surface area is 219 Å². The Balaban J connectivity index is 1.33. The van der Waals surface area contributed by atoms with Gasteiger partial charge in [0.05, 0.1) is 11.9 Å². The van der Waals surface area contributed by atoms with E-state index in [1.54, 1.807) is 12.3 Å². The van der Waals surface area contributed by atoms with Crippen LogP contribution in [0.3, 0.4) is 0 Å². The quantitative estimate of drug-likeness (QED) is 0.263. The van der Waals surface area contributed by atoms with Crippen LogP contribution >= 0.6 is 0 Å². The third kappa shape index (κ3) is 8.22. The second kappa shape index (κ2) is 13.7. The number of urea groups is 1. The summed E-state index contributed by atoms with van der Waals surface area (Å²) in [6.07, 6.45) is 14.4. The molecule has 0 radical (unpaired) electrons. The molecule has 1 aliphatic carbocycles. The lowest BCUT2D eigenvalue weighted by Crippen LogP contribution is -2.29. The molecular weight excluding hydrogens is 462 g/mol. The van der Waals surface area contributed by atoms with Crippen LogP contribution in [0.15, 0.2) is 66.4 Å². The van der Waals surface area contributed by atoms with Crippen LogP contribution in [0.25, 0.3) is 16.7 Å². The Morgan fingerprint density at radius 1 is 1.03 bits per heavy atom. The van der Waals surface area contributed by atoms with Gasteiger partial charge in [-0.3, -0.25) is 10.3 Å². The number of unbranched alkanes of at least 4 members (excludes halogenated alkanes) is 3. The van der Waals surface area contributed by atoms with Gasteiger partial charge in [-0.1, -0.05) is 60.9 Å². The molecule has 0 aliphatic heterocycles. The van der Waals surface area contributed by atoms with Crippen molar-refractivity contribution in [1.29, 1.82) is 0 Å². The highest BCUT2D eigenvalue weighted by Crippen LogP contribution is 2.31. The summed E-state index contributed by atoms with van der Waals surface area (Å²) in [6.45, 7) is 3.03. The molecule has 1 aromatic carbocycles. The zero-order valence-corrected chi connectivity index (χ0v) is 21.6. The number of aliphatic hydroxyl groups is 1. The highest BCUT2D eigenvalue weighted by Gasteiger charge is 2.16. The van der Waals surface area contributed by atoms with Gasteiger partial charge in [0.2, 0.25) is 0 Å². The first kappa shape index (κ1) is 26.5. The van der Waals surface area contributed by atoms with Gasteiger partial charge in [-0.15, -0.1) is 0 Å². The standard InChI is InChI=1S/C30H37N5O2/c1-22-18-24(13-6-3-9-17-36)20-25(19-22)27-21-32-26-14-15-28(34-29(26)33-27)35-30(37)31-16-8-7-12-23-10-4-2-5-11-23/h2,4-5,10-11,14-15,19-21,24,36H,3,6-9,12-13,16-18H2,1H3,(H2,31,33,34,35,37). The van der Waals surface area contributed by atoms with E-state index in [0.717, 1.165) is 62.6 Å². The number of anilines is 1. The molecule has 7 heteroatoms. The third-order valence-corrected chi connectivity index (χ3v) is 6.60. The van der Waals surface area contributed by atoms with E-state index < -0.39 is 0 Å². The summed E-state index contributed by atoms with van der Waals surface area (Å²) in [6, 6.07) is 13.7. The van der Waals surface area contributed by atoms with Gasteiger partial charge in [0, 0.05) is 13.2 Å². The average molecular weight is 500 g/mol. The summed E-state index contributed by atoms with van der Waals surface area (Å²) in [5, 5.41) is 14.7. The molecule has 1 atom stereocenters. The number of carbonyl (C=O) groups excluding carboxylic acids is 1. The van der Waals surface area contributed by atoms with Crippen LogP contribution in [-0.2, 0) is 6.42 Å². The van der Waals surface area contributed by atoms with Gasteiger partial charge in [-0.25, -0.2) is 14.8 Å². The summed E-state index contributed by atoms with van der Waals surface area (Å²) in [5.74, 6) is 0.917. The largest absolute Gasteiger partial charge is 0.396 e. The van der Waals surface area contributed by atoms with Crippen molar-refractivity contribution in [3.63, 3.8) is 0 Å². The first-order valence-electron chi connectivity index (χ1n) is 13.3. The molecule has 2 aromatic heterocycles. The molecule has 3 N–H and O–H groups in total. The zero-order valence-electron chi connectivity index (χ0n) is 21.6. The molecule has 194 valence electrons. The minimum atomic E-state index is -0.270. The lowest BCUT2D eigenvalue weighted by molar-refractivity contribution is 0.252. The lowest BCUT2D eigenvalue weighted by Gasteiger charge is -2.20. The maximum Gasteiger partial charge on any atom is 0.320 e. The van der Waals surface area contributed by atoms with Crippen LogP contribution in [0.4, 0.5) is 10.6 Å². The van der Waals surface area contributed by atoms with Gasteiger partial charge < -0.3 is 10.4 Å². The number of pyridine rings is 1. The number of amides is 2. The average Bonchev–Trinajstić information content (AvgIpc) is 2.91. The predicted octanol–water partition coefficient (Wildman–Crippen LogP) is 6.07. The summed E-state index contributed by atoms with van der Waals surface area (Å²) >= 11 is 0. The molecule has 0 spiro atoms. The lowest BCUT2D eigenvalue weighted by atomic mass is 9.86. The fourth-order valence-corrected chi connectivity index (χ4v) is 4.71. The predicted molar refractivity (Wildman–Crippen MR) is 149 cm³/mol. The van der Waals surface area contributed by atoms with Crippen molar-refractivity contribution in [3.05, 3.63) is 77.6 Å². The van der Waals surface area contributed by atoms with Crippen molar-refractivity contribution < 1.29 is 9.90 Å². The number of nitrogens with one attached hydrogen (secondary N) is 2. The van der Waals surface area contributed by atoms with E-state index in [9.17, 15) is 4.79 Å². The highest BCUT2D eigenvalue weighted by atomic mass is 16.2.